The fourth-order valence-electron chi connectivity index (χ4n) is 2.31. The quantitative estimate of drug-likeness (QED) is 0.777. The first-order chi connectivity index (χ1) is 9.42. The van der Waals surface area contributed by atoms with Crippen LogP contribution in [0.5, 0.6) is 0 Å². The molecule has 0 amide bonds. The van der Waals surface area contributed by atoms with Crippen molar-refractivity contribution in [2.75, 3.05) is 20.3 Å². The zero-order valence-corrected chi connectivity index (χ0v) is 13.5. The van der Waals surface area contributed by atoms with Gasteiger partial charge in [-0.1, -0.05) is 6.92 Å². The molecule has 0 saturated heterocycles. The van der Waals surface area contributed by atoms with Gasteiger partial charge in [0, 0.05) is 44.7 Å². The first kappa shape index (κ1) is 17.2. The normalized spacial score (nSPS) is 13.9. The Kier molecular flexibility index (Phi) is 6.19. The molecular formula is C13H25N3O3S. The minimum Gasteiger partial charge on any atom is -0.383 e. The van der Waals surface area contributed by atoms with Crippen molar-refractivity contribution in [2.45, 2.75) is 44.8 Å². The number of likely N-dealkylation sites (N-methyl/N-ethyl adjacent to an activating group) is 1. The van der Waals surface area contributed by atoms with Crippen molar-refractivity contribution in [3.05, 3.63) is 18.0 Å². The molecule has 116 valence electrons. The maximum atomic E-state index is 12.7. The topological polar surface area (TPSA) is 77.6 Å². The second-order valence-corrected chi connectivity index (χ2v) is 6.56. The highest BCUT2D eigenvalue weighted by Gasteiger charge is 2.29. The summed E-state index contributed by atoms with van der Waals surface area (Å²) in [6.45, 7) is 7.41. The predicted octanol–water partition coefficient (Wildman–Crippen LogP) is 1.01. The Bertz CT molecular complexity index is 503. The van der Waals surface area contributed by atoms with Gasteiger partial charge in [0.05, 0.1) is 6.61 Å². The number of sulfonamides is 1. The molecule has 7 heteroatoms. The molecule has 0 saturated carbocycles. The van der Waals surface area contributed by atoms with E-state index in [1.54, 1.807) is 19.4 Å². The van der Waals surface area contributed by atoms with E-state index in [4.69, 9.17) is 10.5 Å². The molecule has 1 heterocycles. The molecule has 0 spiro atoms. The van der Waals surface area contributed by atoms with Crippen molar-refractivity contribution in [1.82, 2.24) is 8.87 Å². The summed E-state index contributed by atoms with van der Waals surface area (Å²) in [5.74, 6) is 0. The molecule has 1 rings (SSSR count). The molecule has 0 fully saturated rings. The van der Waals surface area contributed by atoms with Gasteiger partial charge in [-0.15, -0.1) is 0 Å². The Morgan fingerprint density at radius 3 is 2.50 bits per heavy atom. The van der Waals surface area contributed by atoms with Gasteiger partial charge in [0.25, 0.3) is 0 Å². The van der Waals surface area contributed by atoms with Crippen LogP contribution in [0.25, 0.3) is 0 Å². The Hall–Kier alpha value is -0.890. The summed E-state index contributed by atoms with van der Waals surface area (Å²) in [7, 11) is -1.95. The van der Waals surface area contributed by atoms with Gasteiger partial charge in [-0.25, -0.2) is 8.42 Å². The van der Waals surface area contributed by atoms with E-state index in [1.165, 1.54) is 4.31 Å². The van der Waals surface area contributed by atoms with Crippen LogP contribution in [0.2, 0.25) is 0 Å². The summed E-state index contributed by atoms with van der Waals surface area (Å²) in [5, 5.41) is 0. The van der Waals surface area contributed by atoms with Crippen LogP contribution >= 0.6 is 0 Å². The maximum Gasteiger partial charge on any atom is 0.244 e. The zero-order chi connectivity index (χ0) is 15.3. The van der Waals surface area contributed by atoms with Gasteiger partial charge in [0.2, 0.25) is 10.0 Å². The van der Waals surface area contributed by atoms with E-state index in [0.717, 1.165) is 5.69 Å². The molecule has 0 aliphatic heterocycles. The lowest BCUT2D eigenvalue weighted by Crippen LogP contribution is -2.40. The lowest BCUT2D eigenvalue weighted by atomic mass is 10.4. The highest BCUT2D eigenvalue weighted by atomic mass is 32.2. The molecule has 1 unspecified atom stereocenters. The predicted molar refractivity (Wildman–Crippen MR) is 78.9 cm³/mol. The van der Waals surface area contributed by atoms with Crippen molar-refractivity contribution in [3.8, 4) is 0 Å². The van der Waals surface area contributed by atoms with Gasteiger partial charge in [0.1, 0.15) is 4.90 Å². The summed E-state index contributed by atoms with van der Waals surface area (Å²) >= 11 is 0. The van der Waals surface area contributed by atoms with Crippen LogP contribution in [0.15, 0.2) is 17.2 Å². The van der Waals surface area contributed by atoms with E-state index < -0.39 is 10.0 Å². The Morgan fingerprint density at radius 2 is 2.10 bits per heavy atom. The number of methoxy groups -OCH3 is 1. The molecule has 1 aromatic rings. The second-order valence-electron chi connectivity index (χ2n) is 4.67. The van der Waals surface area contributed by atoms with Gasteiger partial charge in [0.15, 0.2) is 0 Å². The molecule has 0 aliphatic rings. The third kappa shape index (κ3) is 3.41. The first-order valence-corrected chi connectivity index (χ1v) is 8.26. The summed E-state index contributed by atoms with van der Waals surface area (Å²) < 4.78 is 33.8. The number of hydrogen-bond acceptors (Lipinski definition) is 4. The fraction of sp³-hybridized carbons (Fsp3) is 0.692. The van der Waals surface area contributed by atoms with Crippen molar-refractivity contribution in [1.29, 1.82) is 0 Å². The standard InChI is InChI=1S/C13H25N3O3S/c1-5-15-9-13(7-12(15)8-14)20(17,18)16(6-2)11(3)10-19-4/h7,9,11H,5-6,8,10,14H2,1-4H3. The molecule has 0 aromatic carbocycles. The smallest absolute Gasteiger partial charge is 0.244 e. The third-order valence-corrected chi connectivity index (χ3v) is 5.38. The van der Waals surface area contributed by atoms with Crippen LogP contribution in [0.1, 0.15) is 26.5 Å². The van der Waals surface area contributed by atoms with Crippen LogP contribution in [0.3, 0.4) is 0 Å². The average Bonchev–Trinajstić information content (AvgIpc) is 2.83. The van der Waals surface area contributed by atoms with E-state index in [9.17, 15) is 8.42 Å². The number of aromatic nitrogens is 1. The minimum absolute atomic E-state index is 0.207. The van der Waals surface area contributed by atoms with Crippen LogP contribution in [-0.4, -0.2) is 43.6 Å². The Labute approximate surface area is 121 Å². The number of ether oxygens (including phenoxy) is 1. The van der Waals surface area contributed by atoms with E-state index in [2.05, 4.69) is 0 Å². The van der Waals surface area contributed by atoms with Crippen LogP contribution in [0.4, 0.5) is 0 Å². The summed E-state index contributed by atoms with van der Waals surface area (Å²) in [6.07, 6.45) is 1.65. The molecule has 20 heavy (non-hydrogen) atoms. The SMILES string of the molecule is CCN(C(C)COC)S(=O)(=O)c1cc(CN)n(CC)c1. The first-order valence-electron chi connectivity index (χ1n) is 6.82. The molecule has 0 aliphatic carbocycles. The van der Waals surface area contributed by atoms with Gasteiger partial charge >= 0.3 is 0 Å². The summed E-state index contributed by atoms with van der Waals surface area (Å²) in [6, 6.07) is 1.45. The fourth-order valence-corrected chi connectivity index (χ4v) is 4.00. The lowest BCUT2D eigenvalue weighted by molar-refractivity contribution is 0.142. The Morgan fingerprint density at radius 1 is 1.45 bits per heavy atom. The van der Waals surface area contributed by atoms with Crippen molar-refractivity contribution >= 4 is 10.0 Å². The average molecular weight is 303 g/mol. The van der Waals surface area contributed by atoms with Crippen LogP contribution < -0.4 is 5.73 Å². The highest BCUT2D eigenvalue weighted by molar-refractivity contribution is 7.89. The van der Waals surface area contributed by atoms with E-state index >= 15 is 0 Å². The largest absolute Gasteiger partial charge is 0.383 e. The molecule has 1 atom stereocenters. The number of hydrogen-bond donors (Lipinski definition) is 1. The van der Waals surface area contributed by atoms with Gasteiger partial charge in [-0.3, -0.25) is 0 Å². The molecule has 6 nitrogen and oxygen atoms in total. The number of nitrogens with two attached hydrogens (primary N) is 1. The molecule has 1 aromatic heterocycles. The number of rotatable bonds is 8. The van der Waals surface area contributed by atoms with Crippen molar-refractivity contribution in [2.24, 2.45) is 5.73 Å². The molecule has 0 radical (unpaired) electrons. The molecular weight excluding hydrogens is 278 g/mol. The van der Waals surface area contributed by atoms with Gasteiger partial charge in [-0.2, -0.15) is 4.31 Å². The third-order valence-electron chi connectivity index (χ3n) is 3.33. The lowest BCUT2D eigenvalue weighted by Gasteiger charge is -2.26. The van der Waals surface area contributed by atoms with Crippen molar-refractivity contribution in [3.63, 3.8) is 0 Å². The number of nitrogens with zero attached hydrogens (tertiary/aromatic N) is 2. The summed E-state index contributed by atoms with van der Waals surface area (Å²) in [4.78, 5) is 0.296. The van der Waals surface area contributed by atoms with Gasteiger partial charge < -0.3 is 15.0 Å². The Balaban J connectivity index is 3.16. The number of aryl methyl sites for hydroxylation is 1. The summed E-state index contributed by atoms with van der Waals surface area (Å²) in [5.41, 5.74) is 6.47. The highest BCUT2D eigenvalue weighted by Crippen LogP contribution is 2.21. The van der Waals surface area contributed by atoms with E-state index in [-0.39, 0.29) is 6.04 Å². The maximum absolute atomic E-state index is 12.7. The monoisotopic (exact) mass is 303 g/mol. The van der Waals surface area contributed by atoms with E-state index in [1.807, 2.05) is 25.3 Å². The van der Waals surface area contributed by atoms with Crippen LogP contribution in [-0.2, 0) is 27.8 Å². The van der Waals surface area contributed by atoms with Gasteiger partial charge in [-0.05, 0) is 19.9 Å². The van der Waals surface area contributed by atoms with Crippen LogP contribution in [0, 0.1) is 0 Å². The molecule has 2 N–H and O–H groups in total. The second kappa shape index (κ2) is 7.21. The molecule has 0 bridgehead atoms. The minimum atomic E-state index is -3.52. The zero-order valence-electron chi connectivity index (χ0n) is 12.7. The van der Waals surface area contributed by atoms with E-state index in [0.29, 0.717) is 31.1 Å². The van der Waals surface area contributed by atoms with Crippen molar-refractivity contribution < 1.29 is 13.2 Å².